The minimum absolute atomic E-state index is 0.246. The highest BCUT2D eigenvalue weighted by Gasteiger charge is 2.10. The van der Waals surface area contributed by atoms with Crippen LogP contribution in [0.2, 0.25) is 0 Å². The number of nitrogens with one attached hydrogen (secondary N) is 1. The average molecular weight is 424 g/mol. The van der Waals surface area contributed by atoms with E-state index in [4.69, 9.17) is 4.74 Å². The second-order valence-electron chi connectivity index (χ2n) is 5.69. The van der Waals surface area contributed by atoms with Crippen molar-refractivity contribution in [3.63, 3.8) is 0 Å². The fourth-order valence-electron chi connectivity index (χ4n) is 2.60. The van der Waals surface area contributed by atoms with Gasteiger partial charge in [-0.1, -0.05) is 15.9 Å². The van der Waals surface area contributed by atoms with Gasteiger partial charge in [-0.25, -0.2) is 15.0 Å². The highest BCUT2D eigenvalue weighted by Crippen LogP contribution is 2.22. The van der Waals surface area contributed by atoms with E-state index in [1.54, 1.807) is 31.8 Å². The number of fused-ring (bicyclic) bond motifs is 1. The number of benzene rings is 2. The number of rotatable bonds is 4. The number of nitrogens with zero attached hydrogens (tertiary/aromatic N) is 4. The summed E-state index contributed by atoms with van der Waals surface area (Å²) in [7, 11) is 1.62. The van der Waals surface area contributed by atoms with Gasteiger partial charge < -0.3 is 10.1 Å². The summed E-state index contributed by atoms with van der Waals surface area (Å²) in [5, 5.41) is 2.73. The third-order valence-corrected chi connectivity index (χ3v) is 4.52. The molecule has 0 atom stereocenters. The maximum atomic E-state index is 12.3. The van der Waals surface area contributed by atoms with Crippen molar-refractivity contribution in [2.75, 3.05) is 12.4 Å². The van der Waals surface area contributed by atoms with Crippen LogP contribution in [0.3, 0.4) is 0 Å². The van der Waals surface area contributed by atoms with Gasteiger partial charge in [0, 0.05) is 16.1 Å². The van der Waals surface area contributed by atoms with Gasteiger partial charge in [0.1, 0.15) is 12.1 Å². The van der Waals surface area contributed by atoms with Crippen molar-refractivity contribution in [3.8, 4) is 11.6 Å². The lowest BCUT2D eigenvalue weighted by Gasteiger charge is -2.07. The summed E-state index contributed by atoms with van der Waals surface area (Å²) in [4.78, 5) is 25.3. The van der Waals surface area contributed by atoms with Gasteiger partial charge in [0.15, 0.2) is 11.6 Å². The molecule has 0 aliphatic carbocycles. The Kier molecular flexibility index (Phi) is 4.55. The molecule has 27 heavy (non-hydrogen) atoms. The van der Waals surface area contributed by atoms with Crippen molar-refractivity contribution < 1.29 is 9.53 Å². The van der Waals surface area contributed by atoms with Crippen LogP contribution >= 0.6 is 15.9 Å². The third kappa shape index (κ3) is 3.52. The predicted molar refractivity (Wildman–Crippen MR) is 105 cm³/mol. The van der Waals surface area contributed by atoms with Crippen LogP contribution in [0, 0.1) is 0 Å². The summed E-state index contributed by atoms with van der Waals surface area (Å²) in [6.45, 7) is 0. The van der Waals surface area contributed by atoms with Gasteiger partial charge in [0.2, 0.25) is 0 Å². The Morgan fingerprint density at radius 1 is 1.07 bits per heavy atom. The van der Waals surface area contributed by atoms with Gasteiger partial charge in [-0.3, -0.25) is 9.36 Å². The first-order valence-electron chi connectivity index (χ1n) is 8.04. The van der Waals surface area contributed by atoms with Crippen molar-refractivity contribution in [3.05, 3.63) is 71.2 Å². The molecule has 7 nitrogen and oxygen atoms in total. The molecule has 1 amide bonds. The number of halogens is 1. The van der Waals surface area contributed by atoms with E-state index in [0.29, 0.717) is 17.2 Å². The molecule has 2 heterocycles. The van der Waals surface area contributed by atoms with E-state index in [1.165, 1.54) is 6.20 Å². The Morgan fingerprint density at radius 3 is 2.59 bits per heavy atom. The smallest absolute Gasteiger partial charge is 0.256 e. The first-order valence-corrected chi connectivity index (χ1v) is 8.84. The van der Waals surface area contributed by atoms with Crippen molar-refractivity contribution in [1.29, 1.82) is 0 Å². The number of ether oxygens (including phenoxy) is 1. The molecule has 1 N–H and O–H groups in total. The van der Waals surface area contributed by atoms with E-state index in [-0.39, 0.29) is 5.91 Å². The molecule has 0 spiro atoms. The molecule has 0 saturated heterocycles. The molecule has 4 aromatic rings. The zero-order valence-corrected chi connectivity index (χ0v) is 15.8. The van der Waals surface area contributed by atoms with E-state index in [1.807, 2.05) is 34.9 Å². The number of carbonyl (C=O) groups excluding carboxylic acids is 1. The molecule has 0 radical (unpaired) electrons. The van der Waals surface area contributed by atoms with E-state index < -0.39 is 0 Å². The molecular formula is C19H14BrN5O2. The molecule has 134 valence electrons. The maximum absolute atomic E-state index is 12.3. The van der Waals surface area contributed by atoms with Crippen LogP contribution in [0.5, 0.6) is 5.75 Å². The fourth-order valence-corrected chi connectivity index (χ4v) is 2.87. The van der Waals surface area contributed by atoms with Gasteiger partial charge in [-0.2, -0.15) is 0 Å². The van der Waals surface area contributed by atoms with E-state index in [9.17, 15) is 4.79 Å². The Hall–Kier alpha value is -3.26. The quantitative estimate of drug-likeness (QED) is 0.539. The normalized spacial score (nSPS) is 10.7. The van der Waals surface area contributed by atoms with E-state index in [2.05, 4.69) is 36.2 Å². The molecule has 4 rings (SSSR count). The molecule has 0 unspecified atom stereocenters. The lowest BCUT2D eigenvalue weighted by molar-refractivity contribution is 0.102. The Morgan fingerprint density at radius 2 is 1.89 bits per heavy atom. The zero-order chi connectivity index (χ0) is 18.8. The lowest BCUT2D eigenvalue weighted by Crippen LogP contribution is -2.13. The van der Waals surface area contributed by atoms with E-state index >= 15 is 0 Å². The van der Waals surface area contributed by atoms with Gasteiger partial charge in [0.05, 0.1) is 30.5 Å². The van der Waals surface area contributed by atoms with Crippen LogP contribution in [0.4, 0.5) is 5.82 Å². The van der Waals surface area contributed by atoms with E-state index in [0.717, 1.165) is 21.3 Å². The molecule has 0 saturated carbocycles. The number of imidazole rings is 1. The second-order valence-corrected chi connectivity index (χ2v) is 6.61. The molecule has 0 fully saturated rings. The molecule has 8 heteroatoms. The zero-order valence-electron chi connectivity index (χ0n) is 14.3. The van der Waals surface area contributed by atoms with Crippen LogP contribution in [-0.2, 0) is 0 Å². The Labute approximate surface area is 163 Å². The fraction of sp³-hybridized carbons (Fsp3) is 0.0526. The molecule has 0 aliphatic heterocycles. The van der Waals surface area contributed by atoms with Crippen molar-refractivity contribution >= 4 is 38.7 Å². The van der Waals surface area contributed by atoms with Gasteiger partial charge >= 0.3 is 0 Å². The van der Waals surface area contributed by atoms with Crippen LogP contribution in [-0.4, -0.2) is 32.5 Å². The summed E-state index contributed by atoms with van der Waals surface area (Å²) in [5.74, 6) is 1.47. The van der Waals surface area contributed by atoms with Crippen molar-refractivity contribution in [1.82, 2.24) is 19.5 Å². The number of hydrogen-bond acceptors (Lipinski definition) is 5. The van der Waals surface area contributed by atoms with Crippen molar-refractivity contribution in [2.45, 2.75) is 0 Å². The first-order chi connectivity index (χ1) is 13.1. The number of amides is 1. The molecule has 0 aliphatic rings. The molecule has 0 bridgehead atoms. The number of anilines is 1. The number of carbonyl (C=O) groups is 1. The minimum atomic E-state index is -0.246. The van der Waals surface area contributed by atoms with Gasteiger partial charge in [-0.15, -0.1) is 0 Å². The van der Waals surface area contributed by atoms with Crippen LogP contribution < -0.4 is 10.1 Å². The van der Waals surface area contributed by atoms with Crippen LogP contribution in [0.15, 0.2) is 65.7 Å². The number of methoxy groups -OCH3 is 1. The monoisotopic (exact) mass is 423 g/mol. The third-order valence-electron chi connectivity index (χ3n) is 3.99. The van der Waals surface area contributed by atoms with Gasteiger partial charge in [-0.05, 0) is 36.4 Å². The minimum Gasteiger partial charge on any atom is -0.497 e. The highest BCUT2D eigenvalue weighted by molar-refractivity contribution is 9.10. The summed E-state index contributed by atoms with van der Waals surface area (Å²) >= 11 is 3.34. The maximum Gasteiger partial charge on any atom is 0.256 e. The SMILES string of the molecule is COc1ccc2c(c1)ncn2-c1cnc(NC(=O)c2ccc(Br)cc2)cn1. The average Bonchev–Trinajstić information content (AvgIpc) is 3.12. The Balaban J connectivity index is 1.55. The topological polar surface area (TPSA) is 81.9 Å². The van der Waals surface area contributed by atoms with Gasteiger partial charge in [0.25, 0.3) is 5.91 Å². The molecular weight excluding hydrogens is 410 g/mol. The number of aromatic nitrogens is 4. The standard InChI is InChI=1S/C19H14BrN5O2/c1-27-14-6-7-16-15(8-14)23-11-25(16)18-10-21-17(9-22-18)24-19(26)12-2-4-13(20)5-3-12/h2-11H,1H3,(H,21,24,26). The van der Waals surface area contributed by atoms with Crippen molar-refractivity contribution in [2.24, 2.45) is 0 Å². The summed E-state index contributed by atoms with van der Waals surface area (Å²) in [5.41, 5.74) is 2.22. The lowest BCUT2D eigenvalue weighted by atomic mass is 10.2. The van der Waals surface area contributed by atoms with Crippen LogP contribution in [0.1, 0.15) is 10.4 Å². The predicted octanol–water partition coefficient (Wildman–Crippen LogP) is 3.84. The summed E-state index contributed by atoms with van der Waals surface area (Å²) < 4.78 is 7.94. The Bertz CT molecular complexity index is 1110. The molecule has 2 aromatic heterocycles. The number of hydrogen-bond donors (Lipinski definition) is 1. The highest BCUT2D eigenvalue weighted by atomic mass is 79.9. The summed E-state index contributed by atoms with van der Waals surface area (Å²) in [6.07, 6.45) is 4.78. The first kappa shape index (κ1) is 17.2. The van der Waals surface area contributed by atoms with Crippen LogP contribution in [0.25, 0.3) is 16.9 Å². The molecule has 2 aromatic carbocycles. The summed E-state index contributed by atoms with van der Waals surface area (Å²) in [6, 6.07) is 12.7. The largest absolute Gasteiger partial charge is 0.497 e. The second kappa shape index (κ2) is 7.16.